The van der Waals surface area contributed by atoms with Crippen LogP contribution in [0.1, 0.15) is 31.9 Å². The van der Waals surface area contributed by atoms with Crippen LogP contribution in [0.2, 0.25) is 10.0 Å². The number of hydrogen-bond acceptors (Lipinski definition) is 8. The van der Waals surface area contributed by atoms with E-state index in [4.69, 9.17) is 42.8 Å². The number of benzene rings is 3. The Balaban J connectivity index is 1.02. The summed E-state index contributed by atoms with van der Waals surface area (Å²) in [6, 6.07) is 21.5. The summed E-state index contributed by atoms with van der Waals surface area (Å²) in [6.45, 7) is 8.45. The number of nitrogens with zero attached hydrogens (tertiary/aromatic N) is 7. The lowest BCUT2D eigenvalue weighted by Crippen LogP contribution is -2.46. The highest BCUT2D eigenvalue weighted by molar-refractivity contribution is 6.35. The Hall–Kier alpha value is -4.36. The van der Waals surface area contributed by atoms with Gasteiger partial charge in [-0.1, -0.05) is 36.2 Å². The highest BCUT2D eigenvalue weighted by Gasteiger charge is 2.45. The number of halogens is 2. The minimum absolute atomic E-state index is 0.0613. The van der Waals surface area contributed by atoms with Crippen molar-refractivity contribution in [2.24, 2.45) is 4.99 Å². The predicted octanol–water partition coefficient (Wildman–Crippen LogP) is 5.85. The largest absolute Gasteiger partial charge is 0.491 e. The van der Waals surface area contributed by atoms with Gasteiger partial charge in [-0.25, -0.2) is 19.0 Å². The van der Waals surface area contributed by atoms with Gasteiger partial charge in [-0.3, -0.25) is 5.41 Å². The van der Waals surface area contributed by atoms with Crippen molar-refractivity contribution in [1.29, 1.82) is 5.41 Å². The van der Waals surface area contributed by atoms with Crippen molar-refractivity contribution >= 4 is 47.3 Å². The lowest BCUT2D eigenvalue weighted by Gasteiger charge is -2.37. The van der Waals surface area contributed by atoms with Gasteiger partial charge in [0.2, 0.25) is 5.79 Å². The number of ether oxygens (including phenoxy) is 3. The Morgan fingerprint density at radius 3 is 2.30 bits per heavy atom. The van der Waals surface area contributed by atoms with E-state index in [0.717, 1.165) is 61.8 Å². The fourth-order valence-corrected chi connectivity index (χ4v) is 6.78. The molecule has 0 radical (unpaired) electrons. The zero-order chi connectivity index (χ0) is 35.3. The Morgan fingerprint density at radius 2 is 1.68 bits per heavy atom. The number of rotatable bonds is 13. The zero-order valence-corrected chi connectivity index (χ0v) is 29.9. The average Bonchev–Trinajstić information content (AvgIpc) is 3.73. The number of hydrogen-bond donors (Lipinski definition) is 1. The summed E-state index contributed by atoms with van der Waals surface area (Å²) in [4.78, 5) is 23.2. The van der Waals surface area contributed by atoms with Gasteiger partial charge in [0.1, 0.15) is 31.1 Å². The summed E-state index contributed by atoms with van der Waals surface area (Å²) in [5, 5.41) is 12.4. The van der Waals surface area contributed by atoms with Crippen LogP contribution in [-0.4, -0.2) is 91.0 Å². The van der Waals surface area contributed by atoms with E-state index < -0.39 is 5.79 Å². The van der Waals surface area contributed by atoms with E-state index in [9.17, 15) is 4.79 Å². The van der Waals surface area contributed by atoms with Crippen LogP contribution in [0.4, 0.5) is 11.4 Å². The standard InChI is InChI=1S/C36H42Cl2N8O4/c1-4-26(2)46-35(47)45(25-41-46)30-8-6-28(7-9-30)43-15-17-44(18-16-43)29-10-12-31(13-11-29)48-20-32-21-49-36(50-32,22-42(3)24-40-23-39)33-14-5-27(37)19-34(33)38/h5-14,19,23-26,32,39H,4,15-18,20-22H2,1-3H3/b39-23?,40-24-. The van der Waals surface area contributed by atoms with E-state index >= 15 is 0 Å². The fourth-order valence-electron chi connectivity index (χ4n) is 6.23. The summed E-state index contributed by atoms with van der Waals surface area (Å²) in [7, 11) is 1.82. The molecule has 1 N–H and O–H groups in total. The third kappa shape index (κ3) is 7.83. The second-order valence-electron chi connectivity index (χ2n) is 12.5. The Kier molecular flexibility index (Phi) is 11.1. The summed E-state index contributed by atoms with van der Waals surface area (Å²) >= 11 is 12.7. The second-order valence-corrected chi connectivity index (χ2v) is 13.4. The maximum Gasteiger partial charge on any atom is 0.350 e. The highest BCUT2D eigenvalue weighted by atomic mass is 35.5. The van der Waals surface area contributed by atoms with Crippen LogP contribution in [0.25, 0.3) is 5.69 Å². The maximum atomic E-state index is 12.8. The van der Waals surface area contributed by atoms with Gasteiger partial charge in [0.25, 0.3) is 0 Å². The van der Waals surface area contributed by atoms with E-state index in [0.29, 0.717) is 28.8 Å². The van der Waals surface area contributed by atoms with Gasteiger partial charge in [0, 0.05) is 55.2 Å². The molecule has 12 nitrogen and oxygen atoms in total. The number of aliphatic imine (C=N–C) groups is 1. The van der Waals surface area contributed by atoms with Gasteiger partial charge in [-0.05, 0) is 74.0 Å². The van der Waals surface area contributed by atoms with E-state index in [1.807, 2.05) is 45.2 Å². The van der Waals surface area contributed by atoms with E-state index in [2.05, 4.69) is 44.2 Å². The molecule has 1 aromatic heterocycles. The summed E-state index contributed by atoms with van der Waals surface area (Å²) in [6.07, 6.45) is 4.59. The summed E-state index contributed by atoms with van der Waals surface area (Å²) in [5.74, 6) is -0.425. The third-order valence-electron chi connectivity index (χ3n) is 9.11. The van der Waals surface area contributed by atoms with Crippen LogP contribution in [0, 0.1) is 5.41 Å². The molecule has 2 aliphatic rings. The highest BCUT2D eigenvalue weighted by Crippen LogP contribution is 2.40. The maximum absolute atomic E-state index is 12.8. The van der Waals surface area contributed by atoms with Crippen LogP contribution < -0.4 is 20.2 Å². The first kappa shape index (κ1) is 35.5. The first-order chi connectivity index (χ1) is 24.2. The molecule has 4 aromatic rings. The lowest BCUT2D eigenvalue weighted by atomic mass is 10.1. The van der Waals surface area contributed by atoms with Crippen LogP contribution in [-0.2, 0) is 15.3 Å². The number of anilines is 2. The first-order valence-electron chi connectivity index (χ1n) is 16.7. The Labute approximate surface area is 301 Å². The van der Waals surface area contributed by atoms with Gasteiger partial charge in [-0.2, -0.15) is 5.10 Å². The van der Waals surface area contributed by atoms with Crippen molar-refractivity contribution in [3.05, 3.63) is 99.2 Å². The molecule has 2 saturated heterocycles. The van der Waals surface area contributed by atoms with E-state index in [-0.39, 0.29) is 24.4 Å². The molecule has 2 fully saturated rings. The quantitative estimate of drug-likeness (QED) is 0.135. The van der Waals surface area contributed by atoms with E-state index in [1.54, 1.807) is 34.0 Å². The van der Waals surface area contributed by atoms with Gasteiger partial charge < -0.3 is 28.9 Å². The van der Waals surface area contributed by atoms with Crippen molar-refractivity contribution < 1.29 is 14.2 Å². The molecule has 3 aromatic carbocycles. The van der Waals surface area contributed by atoms with Crippen molar-refractivity contribution in [2.45, 2.75) is 38.2 Å². The predicted molar refractivity (Wildman–Crippen MR) is 198 cm³/mol. The molecule has 0 spiro atoms. The minimum atomic E-state index is -1.16. The Bertz CT molecular complexity index is 1840. The summed E-state index contributed by atoms with van der Waals surface area (Å²) < 4.78 is 22.0. The van der Waals surface area contributed by atoms with Crippen LogP contribution in [0.3, 0.4) is 0 Å². The normalized spacial score (nSPS) is 20.0. The molecule has 50 heavy (non-hydrogen) atoms. The van der Waals surface area contributed by atoms with E-state index in [1.165, 1.54) is 11.0 Å². The van der Waals surface area contributed by atoms with Gasteiger partial charge in [-0.15, -0.1) is 0 Å². The van der Waals surface area contributed by atoms with Crippen molar-refractivity contribution in [3.63, 3.8) is 0 Å². The fraction of sp³-hybridized carbons (Fsp3) is 0.389. The molecule has 2 aliphatic heterocycles. The SMILES string of the molecule is CCC(C)n1ncn(-c2ccc(N3CCN(c4ccc(OCC5COC(CN(C)/C=N\C=N)(c6ccc(Cl)cc6Cl)O5)cc4)CC3)cc2)c1=O. The smallest absolute Gasteiger partial charge is 0.350 e. The monoisotopic (exact) mass is 720 g/mol. The van der Waals surface area contributed by atoms with Crippen LogP contribution in [0.15, 0.2) is 82.8 Å². The first-order valence-corrected chi connectivity index (χ1v) is 17.4. The number of aromatic nitrogens is 3. The zero-order valence-electron chi connectivity index (χ0n) is 28.4. The number of likely N-dealkylation sites (N-methyl/N-ethyl adjacent to an activating group) is 1. The topological polar surface area (TPSA) is 113 Å². The van der Waals surface area contributed by atoms with Crippen molar-refractivity contribution in [3.8, 4) is 11.4 Å². The molecule has 0 amide bonds. The molecule has 14 heteroatoms. The number of piperazine rings is 1. The van der Waals surface area contributed by atoms with Gasteiger partial charge >= 0.3 is 5.69 Å². The molecule has 3 atom stereocenters. The van der Waals surface area contributed by atoms with Crippen molar-refractivity contribution in [1.82, 2.24) is 19.2 Å². The van der Waals surface area contributed by atoms with Crippen LogP contribution >= 0.6 is 23.2 Å². The molecule has 3 heterocycles. The third-order valence-corrected chi connectivity index (χ3v) is 9.66. The molecule has 0 bridgehead atoms. The molecule has 3 unspecified atom stereocenters. The molecule has 264 valence electrons. The molecule has 0 aliphatic carbocycles. The average molecular weight is 722 g/mol. The van der Waals surface area contributed by atoms with Gasteiger partial charge in [0.15, 0.2) is 0 Å². The molecule has 6 rings (SSSR count). The summed E-state index contributed by atoms with van der Waals surface area (Å²) in [5.41, 5.74) is 3.61. The van der Waals surface area contributed by atoms with Crippen molar-refractivity contribution in [2.75, 3.05) is 62.8 Å². The second kappa shape index (κ2) is 15.7. The molecule has 0 saturated carbocycles. The molecular formula is C36H42Cl2N8O4. The molecular weight excluding hydrogens is 679 g/mol. The van der Waals surface area contributed by atoms with Crippen LogP contribution in [0.5, 0.6) is 5.75 Å². The Morgan fingerprint density at radius 1 is 1.04 bits per heavy atom. The number of nitrogens with one attached hydrogen (secondary N) is 1. The van der Waals surface area contributed by atoms with Gasteiger partial charge in [0.05, 0.1) is 36.2 Å². The minimum Gasteiger partial charge on any atom is -0.491 e. The lowest BCUT2D eigenvalue weighted by molar-refractivity contribution is -0.184.